The number of benzene rings is 2. The molecule has 4 aromatic rings. The Labute approximate surface area is 310 Å². The van der Waals surface area contributed by atoms with Crippen LogP contribution in [0.15, 0.2) is 82.0 Å². The molecule has 0 bridgehead atoms. The molecule has 1 amide bonds. The minimum Gasteiger partial charge on any atom is -0.403 e. The first-order valence-electron chi connectivity index (χ1n) is 17.4. The number of allylic oxidation sites excluding steroid dienone is 3. The molecule has 0 saturated heterocycles. The van der Waals surface area contributed by atoms with E-state index >= 15 is 0 Å². The van der Waals surface area contributed by atoms with Gasteiger partial charge in [0.2, 0.25) is 0 Å². The lowest BCUT2D eigenvalue weighted by atomic mass is 9.99. The van der Waals surface area contributed by atoms with Crippen LogP contribution in [0.25, 0.3) is 27.9 Å². The molecular formula is C40H47Cl2N7O2. The molecule has 9 nitrogen and oxygen atoms in total. The van der Waals surface area contributed by atoms with Gasteiger partial charge in [0.05, 0.1) is 22.8 Å². The second-order valence-corrected chi connectivity index (χ2v) is 14.5. The van der Waals surface area contributed by atoms with E-state index in [1.165, 1.54) is 6.20 Å². The first kappa shape index (κ1) is 36.4. The Morgan fingerprint density at radius 1 is 1.14 bits per heavy atom. The lowest BCUT2D eigenvalue weighted by Crippen LogP contribution is -2.40. The zero-order chi connectivity index (χ0) is 36.6. The van der Waals surface area contributed by atoms with Crippen molar-refractivity contribution in [1.82, 2.24) is 14.1 Å². The van der Waals surface area contributed by atoms with Crippen molar-refractivity contribution in [3.63, 3.8) is 0 Å². The molecule has 1 aliphatic carbocycles. The summed E-state index contributed by atoms with van der Waals surface area (Å²) in [5.41, 5.74) is 16.0. The maximum Gasteiger partial charge on any atom is 0.275 e. The number of aromatic nitrogens is 2. The van der Waals surface area contributed by atoms with Crippen molar-refractivity contribution in [3.05, 3.63) is 98.7 Å². The summed E-state index contributed by atoms with van der Waals surface area (Å²) in [4.78, 5) is 16.8. The van der Waals surface area contributed by atoms with Crippen LogP contribution in [0.4, 0.5) is 11.4 Å². The normalized spacial score (nSPS) is 16.8. The average Bonchev–Trinajstić information content (AvgIpc) is 3.59. The van der Waals surface area contributed by atoms with E-state index < -0.39 is 0 Å². The van der Waals surface area contributed by atoms with Crippen molar-refractivity contribution in [2.45, 2.75) is 66.5 Å². The number of carbonyl (C=O) groups is 1. The van der Waals surface area contributed by atoms with Crippen molar-refractivity contribution in [2.75, 3.05) is 30.4 Å². The minimum atomic E-state index is -0.0339. The Kier molecular flexibility index (Phi) is 10.7. The second-order valence-electron chi connectivity index (χ2n) is 13.7. The lowest BCUT2D eigenvalue weighted by molar-refractivity contribution is 0.0820. The summed E-state index contributed by atoms with van der Waals surface area (Å²) in [7, 11) is 3.94. The minimum absolute atomic E-state index is 0.0136. The molecule has 3 N–H and O–H groups in total. The molecule has 268 valence electrons. The van der Waals surface area contributed by atoms with Crippen LogP contribution in [0.1, 0.15) is 69.1 Å². The van der Waals surface area contributed by atoms with Gasteiger partial charge in [0.15, 0.2) is 0 Å². The van der Waals surface area contributed by atoms with Gasteiger partial charge >= 0.3 is 0 Å². The fourth-order valence-electron chi connectivity index (χ4n) is 7.27. The number of hydrogen-bond acceptors (Lipinski definition) is 6. The molecule has 0 fully saturated rings. The predicted octanol–water partition coefficient (Wildman–Crippen LogP) is 9.16. The SMILES string of the molecule is CC1=CC(OCCCc2c3n(c4c(/C=C(\C)N(C)N=C(C)C)c(Cl)ccc24)CCN(c2cn(C)c4ccc(N/C=C\N)cc24)C3=O)CC(C)=C1Cl. The second kappa shape index (κ2) is 15.0. The smallest absolute Gasteiger partial charge is 0.275 e. The van der Waals surface area contributed by atoms with E-state index in [-0.39, 0.29) is 12.0 Å². The number of rotatable bonds is 11. The van der Waals surface area contributed by atoms with Crippen LogP contribution < -0.4 is 16.0 Å². The van der Waals surface area contributed by atoms with Gasteiger partial charge in [-0.25, -0.2) is 0 Å². The number of fused-ring (bicyclic) bond motifs is 4. The van der Waals surface area contributed by atoms with Crippen LogP contribution in [0.3, 0.4) is 0 Å². The highest BCUT2D eigenvalue weighted by atomic mass is 35.5. The standard InChI is InChI=1S/C40H47Cl2N7O2/c1-24(2)45-47(7)27(5)21-32-34(41)12-11-31-30(9-8-18-51-29-19-25(3)37(42)26(4)20-29)39-40(50)48(16-17-49(39)38(31)32)36-23-46(6)35-13-10-28(22-33(35)36)44-15-14-43/h10-15,19,21-23,29,44H,8-9,16-18,20,43H2,1-7H3/b15-14-,27-21+. The topological polar surface area (TPSA) is 93.1 Å². The Morgan fingerprint density at radius 2 is 1.92 bits per heavy atom. The van der Waals surface area contributed by atoms with Gasteiger partial charge < -0.3 is 29.8 Å². The van der Waals surface area contributed by atoms with Crippen molar-refractivity contribution in [3.8, 4) is 0 Å². The molecule has 2 aromatic carbocycles. The van der Waals surface area contributed by atoms with Gasteiger partial charge in [-0.05, 0) is 95.4 Å². The summed E-state index contributed by atoms with van der Waals surface area (Å²) < 4.78 is 10.6. The van der Waals surface area contributed by atoms with Gasteiger partial charge in [-0.2, -0.15) is 5.10 Å². The summed E-state index contributed by atoms with van der Waals surface area (Å²) in [5.74, 6) is -0.0339. The van der Waals surface area contributed by atoms with Gasteiger partial charge in [0.25, 0.3) is 5.91 Å². The molecule has 1 unspecified atom stereocenters. The molecule has 51 heavy (non-hydrogen) atoms. The van der Waals surface area contributed by atoms with Crippen molar-refractivity contribution >= 4 is 74.1 Å². The summed E-state index contributed by atoms with van der Waals surface area (Å²) >= 11 is 13.4. The number of nitrogens with two attached hydrogens (primary N) is 1. The van der Waals surface area contributed by atoms with Crippen LogP contribution in [0, 0.1) is 0 Å². The third-order valence-electron chi connectivity index (χ3n) is 9.70. The zero-order valence-corrected chi connectivity index (χ0v) is 32.0. The van der Waals surface area contributed by atoms with Crippen LogP contribution >= 0.6 is 23.2 Å². The van der Waals surface area contributed by atoms with Crippen LogP contribution in [-0.4, -0.2) is 52.1 Å². The van der Waals surface area contributed by atoms with Crippen molar-refractivity contribution < 1.29 is 9.53 Å². The van der Waals surface area contributed by atoms with Gasteiger partial charge in [-0.15, -0.1) is 0 Å². The molecule has 3 heterocycles. The van der Waals surface area contributed by atoms with E-state index in [1.54, 1.807) is 6.20 Å². The molecule has 2 aromatic heterocycles. The molecule has 11 heteroatoms. The van der Waals surface area contributed by atoms with Crippen LogP contribution in [0.5, 0.6) is 0 Å². The number of nitrogens with one attached hydrogen (secondary N) is 1. The van der Waals surface area contributed by atoms with E-state index in [1.807, 2.05) is 70.0 Å². The number of hydrogen-bond donors (Lipinski definition) is 2. The third kappa shape index (κ3) is 7.20. The first-order valence-corrected chi connectivity index (χ1v) is 18.1. The Morgan fingerprint density at radius 3 is 2.65 bits per heavy atom. The van der Waals surface area contributed by atoms with Crippen molar-refractivity contribution in [1.29, 1.82) is 0 Å². The van der Waals surface area contributed by atoms with E-state index in [0.29, 0.717) is 36.8 Å². The predicted molar refractivity (Wildman–Crippen MR) is 214 cm³/mol. The van der Waals surface area contributed by atoms with Crippen LogP contribution in [0.2, 0.25) is 5.02 Å². The number of ether oxygens (including phenoxy) is 1. The molecule has 2 aliphatic rings. The van der Waals surface area contributed by atoms with E-state index in [9.17, 15) is 4.79 Å². The maximum absolute atomic E-state index is 14.9. The number of hydrazone groups is 1. The maximum atomic E-state index is 14.9. The summed E-state index contributed by atoms with van der Waals surface area (Å²) in [5, 5.41) is 13.1. The highest BCUT2D eigenvalue weighted by Crippen LogP contribution is 2.40. The Hall–Kier alpha value is -4.44. The van der Waals surface area contributed by atoms with E-state index in [2.05, 4.69) is 56.8 Å². The lowest BCUT2D eigenvalue weighted by Gasteiger charge is -2.29. The fourth-order valence-corrected chi connectivity index (χ4v) is 7.62. The molecular weight excluding hydrogens is 681 g/mol. The molecule has 0 saturated carbocycles. The number of carbonyl (C=O) groups excluding carboxylic acids is 1. The number of amides is 1. The zero-order valence-electron chi connectivity index (χ0n) is 30.5. The Balaban J connectivity index is 1.42. The first-order chi connectivity index (χ1) is 24.4. The summed E-state index contributed by atoms with van der Waals surface area (Å²) in [6.45, 7) is 11.7. The molecule has 6 rings (SSSR count). The molecule has 1 aliphatic heterocycles. The monoisotopic (exact) mass is 727 g/mol. The number of nitrogens with zero attached hydrogens (tertiary/aromatic N) is 5. The van der Waals surface area contributed by atoms with Crippen molar-refractivity contribution in [2.24, 2.45) is 17.9 Å². The summed E-state index contributed by atoms with van der Waals surface area (Å²) in [6, 6.07) is 10.1. The fraction of sp³-hybridized carbons (Fsp3) is 0.350. The number of halogens is 2. The average molecular weight is 729 g/mol. The third-order valence-corrected chi connectivity index (χ3v) is 10.6. The largest absolute Gasteiger partial charge is 0.403 e. The number of anilines is 2. The van der Waals surface area contributed by atoms with E-state index in [4.69, 9.17) is 33.7 Å². The number of aryl methyl sites for hydroxylation is 2. The Bertz CT molecular complexity index is 2160. The van der Waals surface area contributed by atoms with Gasteiger partial charge in [-0.3, -0.25) is 9.80 Å². The molecule has 1 atom stereocenters. The summed E-state index contributed by atoms with van der Waals surface area (Å²) in [6.07, 6.45) is 11.6. The highest BCUT2D eigenvalue weighted by Gasteiger charge is 2.34. The van der Waals surface area contributed by atoms with Gasteiger partial charge in [0, 0.05) is 95.9 Å². The van der Waals surface area contributed by atoms with Crippen LogP contribution in [-0.2, 0) is 24.8 Å². The molecule has 0 spiro atoms. The van der Waals surface area contributed by atoms with Gasteiger partial charge in [0.1, 0.15) is 5.69 Å². The quantitative estimate of drug-likeness (QED) is 0.0913. The van der Waals surface area contributed by atoms with Gasteiger partial charge in [-0.1, -0.05) is 40.9 Å². The molecule has 0 radical (unpaired) electrons. The van der Waals surface area contributed by atoms with E-state index in [0.717, 1.165) is 84.7 Å². The highest BCUT2D eigenvalue weighted by molar-refractivity contribution is 6.33.